The quantitative estimate of drug-likeness (QED) is 0.861. The summed E-state index contributed by atoms with van der Waals surface area (Å²) in [5, 5.41) is 4.74. The van der Waals surface area contributed by atoms with E-state index in [1.165, 1.54) is 5.39 Å². The van der Waals surface area contributed by atoms with Gasteiger partial charge < -0.3 is 10.2 Å². The van der Waals surface area contributed by atoms with Crippen LogP contribution in [0, 0.1) is 0 Å². The highest BCUT2D eigenvalue weighted by atomic mass is 15.1. The fourth-order valence-electron chi connectivity index (χ4n) is 2.41. The predicted octanol–water partition coefficient (Wildman–Crippen LogP) is 2.32. The third-order valence-corrected chi connectivity index (χ3v) is 3.19. The van der Waals surface area contributed by atoms with Gasteiger partial charge in [-0.15, -0.1) is 0 Å². The topological polar surface area (TPSA) is 28.2 Å². The van der Waals surface area contributed by atoms with Gasteiger partial charge in [-0.3, -0.25) is 4.98 Å². The van der Waals surface area contributed by atoms with Crippen molar-refractivity contribution in [3.05, 3.63) is 42.1 Å². The molecule has 1 N–H and O–H groups in total. The lowest BCUT2D eigenvalue weighted by atomic mass is 10.1. The molecule has 1 unspecified atom stereocenters. The van der Waals surface area contributed by atoms with Gasteiger partial charge in [-0.2, -0.15) is 0 Å². The van der Waals surface area contributed by atoms with Crippen molar-refractivity contribution in [3.8, 4) is 0 Å². The van der Waals surface area contributed by atoms with Crippen LogP contribution in [-0.4, -0.2) is 43.1 Å². The minimum absolute atomic E-state index is 0.452. The van der Waals surface area contributed by atoms with Crippen molar-refractivity contribution in [1.82, 2.24) is 15.2 Å². The summed E-state index contributed by atoms with van der Waals surface area (Å²) in [5.41, 5.74) is 2.24. The van der Waals surface area contributed by atoms with Crippen molar-refractivity contribution in [3.63, 3.8) is 0 Å². The zero-order chi connectivity index (χ0) is 13.7. The molecule has 0 aliphatic carbocycles. The molecule has 1 aromatic heterocycles. The van der Waals surface area contributed by atoms with Gasteiger partial charge >= 0.3 is 0 Å². The standard InChI is InChI=1S/C16H23N3/c1-4-17-15(12-19(2)3)11-14-10-9-13-7-5-6-8-16(13)18-14/h5-10,15,17H,4,11-12H2,1-3H3. The van der Waals surface area contributed by atoms with Gasteiger partial charge in [0, 0.05) is 30.1 Å². The Balaban J connectivity index is 2.13. The van der Waals surface area contributed by atoms with E-state index >= 15 is 0 Å². The molecule has 0 bridgehead atoms. The maximum Gasteiger partial charge on any atom is 0.0705 e. The molecule has 0 aliphatic rings. The van der Waals surface area contributed by atoms with Gasteiger partial charge in [-0.25, -0.2) is 0 Å². The van der Waals surface area contributed by atoms with Crippen LogP contribution in [0.3, 0.4) is 0 Å². The van der Waals surface area contributed by atoms with Gasteiger partial charge in [0.05, 0.1) is 5.52 Å². The first-order chi connectivity index (χ1) is 9.19. The second kappa shape index (κ2) is 6.64. The monoisotopic (exact) mass is 257 g/mol. The van der Waals surface area contributed by atoms with Crippen molar-refractivity contribution in [1.29, 1.82) is 0 Å². The average molecular weight is 257 g/mol. The van der Waals surface area contributed by atoms with E-state index in [4.69, 9.17) is 4.98 Å². The molecule has 0 saturated carbocycles. The van der Waals surface area contributed by atoms with Gasteiger partial charge in [-0.1, -0.05) is 31.2 Å². The Morgan fingerprint density at radius 1 is 1.16 bits per heavy atom. The molecule has 3 nitrogen and oxygen atoms in total. The predicted molar refractivity (Wildman–Crippen MR) is 81.5 cm³/mol. The van der Waals surface area contributed by atoms with Crippen LogP contribution in [-0.2, 0) is 6.42 Å². The van der Waals surface area contributed by atoms with Gasteiger partial charge in [-0.05, 0) is 32.8 Å². The van der Waals surface area contributed by atoms with Gasteiger partial charge in [0.15, 0.2) is 0 Å². The van der Waals surface area contributed by atoms with Crippen molar-refractivity contribution in [2.75, 3.05) is 27.2 Å². The summed E-state index contributed by atoms with van der Waals surface area (Å²) in [6, 6.07) is 13.0. The van der Waals surface area contributed by atoms with Crippen LogP contribution in [0.1, 0.15) is 12.6 Å². The zero-order valence-corrected chi connectivity index (χ0v) is 12.1. The summed E-state index contributed by atoms with van der Waals surface area (Å²) in [6.45, 7) is 4.17. The second-order valence-corrected chi connectivity index (χ2v) is 5.22. The minimum Gasteiger partial charge on any atom is -0.313 e. The molecule has 0 fully saturated rings. The molecule has 0 saturated heterocycles. The van der Waals surface area contributed by atoms with Crippen molar-refractivity contribution in [2.45, 2.75) is 19.4 Å². The third-order valence-electron chi connectivity index (χ3n) is 3.19. The Morgan fingerprint density at radius 2 is 1.95 bits per heavy atom. The summed E-state index contributed by atoms with van der Waals surface area (Å²) < 4.78 is 0. The summed E-state index contributed by atoms with van der Waals surface area (Å²) in [4.78, 5) is 6.96. The van der Waals surface area contributed by atoms with E-state index in [9.17, 15) is 0 Å². The highest BCUT2D eigenvalue weighted by Crippen LogP contribution is 2.13. The second-order valence-electron chi connectivity index (χ2n) is 5.22. The Labute approximate surface area is 115 Å². The molecule has 3 heteroatoms. The average Bonchev–Trinajstić information content (AvgIpc) is 2.38. The molecular formula is C16H23N3. The number of benzene rings is 1. The van der Waals surface area contributed by atoms with E-state index in [0.717, 1.165) is 30.7 Å². The van der Waals surface area contributed by atoms with E-state index < -0.39 is 0 Å². The Kier molecular flexibility index (Phi) is 4.88. The molecule has 0 aliphatic heterocycles. The number of likely N-dealkylation sites (N-methyl/N-ethyl adjacent to an activating group) is 2. The van der Waals surface area contributed by atoms with Crippen LogP contribution < -0.4 is 5.32 Å². The maximum absolute atomic E-state index is 4.75. The summed E-state index contributed by atoms with van der Waals surface area (Å²) in [7, 11) is 4.22. The van der Waals surface area contributed by atoms with E-state index in [1.54, 1.807) is 0 Å². The normalized spacial score (nSPS) is 13.1. The Hall–Kier alpha value is -1.45. The van der Waals surface area contributed by atoms with Crippen LogP contribution in [0.25, 0.3) is 10.9 Å². The zero-order valence-electron chi connectivity index (χ0n) is 12.1. The van der Waals surface area contributed by atoms with Gasteiger partial charge in [0.25, 0.3) is 0 Å². The number of hydrogen-bond acceptors (Lipinski definition) is 3. The first-order valence-corrected chi connectivity index (χ1v) is 6.92. The van der Waals surface area contributed by atoms with Crippen LogP contribution in [0.2, 0.25) is 0 Å². The molecule has 0 amide bonds. The fourth-order valence-corrected chi connectivity index (χ4v) is 2.41. The Bertz CT molecular complexity index is 522. The maximum atomic E-state index is 4.75. The minimum atomic E-state index is 0.452. The fraction of sp³-hybridized carbons (Fsp3) is 0.438. The number of pyridine rings is 1. The number of para-hydroxylation sites is 1. The summed E-state index contributed by atoms with van der Waals surface area (Å²) in [6.07, 6.45) is 0.969. The summed E-state index contributed by atoms with van der Waals surface area (Å²) in [5.74, 6) is 0. The first-order valence-electron chi connectivity index (χ1n) is 6.92. The highest BCUT2D eigenvalue weighted by molar-refractivity contribution is 5.78. The lowest BCUT2D eigenvalue weighted by Crippen LogP contribution is -2.39. The highest BCUT2D eigenvalue weighted by Gasteiger charge is 2.10. The molecule has 2 aromatic rings. The molecule has 2 rings (SSSR count). The summed E-state index contributed by atoms with van der Waals surface area (Å²) >= 11 is 0. The van der Waals surface area contributed by atoms with E-state index in [-0.39, 0.29) is 0 Å². The molecule has 1 heterocycles. The van der Waals surface area contributed by atoms with E-state index in [1.807, 2.05) is 6.07 Å². The largest absolute Gasteiger partial charge is 0.313 e. The molecule has 1 aromatic carbocycles. The first kappa shape index (κ1) is 14.0. The lowest BCUT2D eigenvalue weighted by Gasteiger charge is -2.21. The molecule has 1 atom stereocenters. The van der Waals surface area contributed by atoms with Crippen LogP contribution in [0.5, 0.6) is 0 Å². The molecule has 0 spiro atoms. The molecule has 0 radical (unpaired) electrons. The number of nitrogens with one attached hydrogen (secondary N) is 1. The number of fused-ring (bicyclic) bond motifs is 1. The molecule has 19 heavy (non-hydrogen) atoms. The molecule has 102 valence electrons. The number of hydrogen-bond donors (Lipinski definition) is 1. The van der Waals surface area contributed by atoms with Crippen molar-refractivity contribution >= 4 is 10.9 Å². The van der Waals surface area contributed by atoms with Crippen LogP contribution >= 0.6 is 0 Å². The van der Waals surface area contributed by atoms with Gasteiger partial charge in [0.1, 0.15) is 0 Å². The van der Waals surface area contributed by atoms with Crippen molar-refractivity contribution < 1.29 is 0 Å². The SMILES string of the molecule is CCNC(Cc1ccc2ccccc2n1)CN(C)C. The van der Waals surface area contributed by atoms with E-state index in [0.29, 0.717) is 6.04 Å². The number of aromatic nitrogens is 1. The number of rotatable bonds is 6. The smallest absolute Gasteiger partial charge is 0.0705 e. The van der Waals surface area contributed by atoms with Crippen LogP contribution in [0.4, 0.5) is 0 Å². The molecular weight excluding hydrogens is 234 g/mol. The van der Waals surface area contributed by atoms with Crippen molar-refractivity contribution in [2.24, 2.45) is 0 Å². The van der Waals surface area contributed by atoms with Gasteiger partial charge in [0.2, 0.25) is 0 Å². The van der Waals surface area contributed by atoms with E-state index in [2.05, 4.69) is 61.6 Å². The third kappa shape index (κ3) is 4.01. The van der Waals surface area contributed by atoms with Crippen LogP contribution in [0.15, 0.2) is 36.4 Å². The lowest BCUT2D eigenvalue weighted by molar-refractivity contribution is 0.338. The Morgan fingerprint density at radius 3 is 2.68 bits per heavy atom. The number of nitrogens with zero attached hydrogens (tertiary/aromatic N) is 2.